The highest BCUT2D eigenvalue weighted by Gasteiger charge is 2.48. The van der Waals surface area contributed by atoms with E-state index >= 15 is 0 Å². The Morgan fingerprint density at radius 1 is 1.07 bits per heavy atom. The van der Waals surface area contributed by atoms with Crippen molar-refractivity contribution in [2.45, 2.75) is 76.0 Å². The predicted molar refractivity (Wildman–Crippen MR) is 179 cm³/mol. The third-order valence-electron chi connectivity index (χ3n) is 9.78. The maximum Gasteiger partial charge on any atom is 0.247 e. The lowest BCUT2D eigenvalue weighted by Gasteiger charge is -2.44. The van der Waals surface area contributed by atoms with Crippen LogP contribution < -0.4 is 9.75 Å². The minimum Gasteiger partial charge on any atom is -0.490 e. The van der Waals surface area contributed by atoms with E-state index in [1.807, 2.05) is 92.8 Å². The smallest absolute Gasteiger partial charge is 0.247 e. The van der Waals surface area contributed by atoms with Crippen LogP contribution in [0.25, 0.3) is 0 Å². The fourth-order valence-corrected chi connectivity index (χ4v) is 9.05. The van der Waals surface area contributed by atoms with Crippen LogP contribution in [0.3, 0.4) is 0 Å². The van der Waals surface area contributed by atoms with Gasteiger partial charge in [-0.2, -0.15) is 5.10 Å². The van der Waals surface area contributed by atoms with E-state index in [0.29, 0.717) is 37.2 Å². The minimum atomic E-state index is -2.96. The number of ether oxygens (including phenoxy) is 2. The lowest BCUT2D eigenvalue weighted by atomic mass is 9.86. The van der Waals surface area contributed by atoms with Crippen molar-refractivity contribution in [1.82, 2.24) is 4.90 Å². The van der Waals surface area contributed by atoms with Crippen LogP contribution in [-0.2, 0) is 27.3 Å². The average Bonchev–Trinajstić information content (AvgIpc) is 3.06. The standard InChI is InChI=1S/C36H43N3O6Si/c1-23-35(44-2)29-19-27(39-33(41)17-15-30(37-39)24-10-6-5-7-11-24)14-16-31(29)45-36(23)32(46(3,4)43)20-34(42)38-21-26-13-9-8-12-25(26)18-28(38)22-40/h5-14,16,19,23,28,32,35-36,40,43H,15,17-18,20-22H2,1-4H3/t23-,28+,32?,35-,36-/m1/s1. The molecule has 2 amide bonds. The monoisotopic (exact) mass is 641 g/mol. The first-order chi connectivity index (χ1) is 22.1. The van der Waals surface area contributed by atoms with Gasteiger partial charge in [0, 0.05) is 49.9 Å². The first-order valence-corrected chi connectivity index (χ1v) is 19.1. The molecule has 5 atom stereocenters. The van der Waals surface area contributed by atoms with Crippen molar-refractivity contribution in [1.29, 1.82) is 0 Å². The topological polar surface area (TPSA) is 112 Å². The van der Waals surface area contributed by atoms with Crippen LogP contribution in [0.2, 0.25) is 18.6 Å². The zero-order valence-corrected chi connectivity index (χ0v) is 27.9. The van der Waals surface area contributed by atoms with Crippen LogP contribution in [-0.4, -0.2) is 66.5 Å². The summed E-state index contributed by atoms with van der Waals surface area (Å²) < 4.78 is 12.7. The van der Waals surface area contributed by atoms with Crippen LogP contribution in [0, 0.1) is 5.92 Å². The largest absolute Gasteiger partial charge is 0.490 e. The number of carbonyl (C=O) groups is 2. The summed E-state index contributed by atoms with van der Waals surface area (Å²) >= 11 is 0. The van der Waals surface area contributed by atoms with Gasteiger partial charge in [0.2, 0.25) is 11.8 Å². The zero-order valence-electron chi connectivity index (χ0n) is 26.9. The molecule has 3 aliphatic rings. The molecule has 0 radical (unpaired) electrons. The molecule has 3 aromatic carbocycles. The van der Waals surface area contributed by atoms with Crippen molar-refractivity contribution >= 4 is 31.5 Å². The number of aliphatic hydroxyl groups excluding tert-OH is 1. The van der Waals surface area contributed by atoms with Crippen molar-refractivity contribution in [2.75, 3.05) is 18.7 Å². The van der Waals surface area contributed by atoms with Gasteiger partial charge in [-0.25, -0.2) is 5.01 Å². The molecule has 1 unspecified atom stereocenters. The Morgan fingerprint density at radius 2 is 1.78 bits per heavy atom. The van der Waals surface area contributed by atoms with Crippen molar-refractivity contribution in [3.8, 4) is 5.75 Å². The normalized spacial score (nSPS) is 23.6. The highest BCUT2D eigenvalue weighted by molar-refractivity contribution is 6.71. The van der Waals surface area contributed by atoms with Gasteiger partial charge < -0.3 is 24.3 Å². The fourth-order valence-electron chi connectivity index (χ4n) is 7.20. The number of aliphatic hydroxyl groups is 1. The molecular weight excluding hydrogens is 598 g/mol. The van der Waals surface area contributed by atoms with Gasteiger partial charge in [0.1, 0.15) is 11.9 Å². The molecule has 2 N–H and O–H groups in total. The number of hydrogen-bond acceptors (Lipinski definition) is 7. The van der Waals surface area contributed by atoms with Gasteiger partial charge in [-0.05, 0) is 54.4 Å². The number of anilines is 1. The van der Waals surface area contributed by atoms with E-state index in [1.54, 1.807) is 12.0 Å². The van der Waals surface area contributed by atoms with E-state index in [4.69, 9.17) is 14.6 Å². The van der Waals surface area contributed by atoms with E-state index < -0.39 is 26.1 Å². The number of hydrazone groups is 1. The average molecular weight is 642 g/mol. The van der Waals surface area contributed by atoms with Gasteiger partial charge >= 0.3 is 0 Å². The third kappa shape index (κ3) is 6.27. The maximum absolute atomic E-state index is 13.9. The summed E-state index contributed by atoms with van der Waals surface area (Å²) in [6.07, 6.45) is 0.759. The van der Waals surface area contributed by atoms with E-state index in [9.17, 15) is 19.5 Å². The first kappa shape index (κ1) is 32.1. The molecule has 0 fully saturated rings. The Labute approximate surface area is 271 Å². The number of rotatable bonds is 8. The fraction of sp³-hybridized carbons (Fsp3) is 0.417. The van der Waals surface area contributed by atoms with Gasteiger partial charge in [-0.1, -0.05) is 61.5 Å². The second kappa shape index (κ2) is 13.1. The first-order valence-electron chi connectivity index (χ1n) is 16.1. The molecule has 10 heteroatoms. The molecule has 0 bridgehead atoms. The van der Waals surface area contributed by atoms with E-state index in [1.165, 1.54) is 5.01 Å². The molecule has 0 saturated heterocycles. The van der Waals surface area contributed by atoms with E-state index in [-0.39, 0.29) is 36.8 Å². The number of nitrogens with zero attached hydrogens (tertiary/aromatic N) is 3. The van der Waals surface area contributed by atoms with Crippen molar-refractivity contribution < 1.29 is 29.0 Å². The molecule has 0 saturated carbocycles. The Morgan fingerprint density at radius 3 is 2.48 bits per heavy atom. The second-order valence-electron chi connectivity index (χ2n) is 13.2. The second-order valence-corrected chi connectivity index (χ2v) is 17.3. The van der Waals surface area contributed by atoms with Crippen molar-refractivity contribution in [3.05, 3.63) is 95.1 Å². The van der Waals surface area contributed by atoms with Crippen molar-refractivity contribution in [3.63, 3.8) is 0 Å². The van der Waals surface area contributed by atoms with Crippen LogP contribution in [0.4, 0.5) is 5.69 Å². The van der Waals surface area contributed by atoms with Gasteiger partial charge in [0.25, 0.3) is 0 Å². The number of hydrogen-bond donors (Lipinski definition) is 2. The molecule has 46 heavy (non-hydrogen) atoms. The molecule has 3 aliphatic heterocycles. The summed E-state index contributed by atoms with van der Waals surface area (Å²) in [6, 6.07) is 23.2. The minimum absolute atomic E-state index is 0.0793. The number of methoxy groups -OCH3 is 1. The molecule has 9 nitrogen and oxygen atoms in total. The highest BCUT2D eigenvalue weighted by atomic mass is 28.4. The molecule has 0 spiro atoms. The number of benzene rings is 3. The summed E-state index contributed by atoms with van der Waals surface area (Å²) in [4.78, 5) is 40.3. The number of fused-ring (bicyclic) bond motifs is 2. The Hall–Kier alpha value is -3.83. The van der Waals surface area contributed by atoms with Gasteiger partial charge in [0.15, 0.2) is 8.32 Å². The molecule has 3 aromatic rings. The van der Waals surface area contributed by atoms with E-state index in [0.717, 1.165) is 28.0 Å². The maximum atomic E-state index is 13.9. The SMILES string of the molecule is CO[C@H]1c2cc(N3N=C(c4ccccc4)CCC3=O)ccc2O[C@@H](C(CC(=O)N2Cc3ccccc3C[C@H]2CO)[Si](C)(C)O)[C@@H]1C. The lowest BCUT2D eigenvalue weighted by molar-refractivity contribution is -0.136. The zero-order chi connectivity index (χ0) is 32.6. The summed E-state index contributed by atoms with van der Waals surface area (Å²) in [5.74, 6) is 0.214. The Bertz CT molecular complexity index is 1620. The third-order valence-corrected chi connectivity index (χ3v) is 12.1. The summed E-state index contributed by atoms with van der Waals surface area (Å²) in [6.45, 7) is 6.02. The summed E-state index contributed by atoms with van der Waals surface area (Å²) in [5.41, 5.74) is 5.08. The van der Waals surface area contributed by atoms with Gasteiger partial charge in [-0.15, -0.1) is 0 Å². The van der Waals surface area contributed by atoms with Gasteiger partial charge in [0.05, 0.1) is 30.2 Å². The van der Waals surface area contributed by atoms with Crippen LogP contribution in [0.15, 0.2) is 77.9 Å². The molecule has 3 heterocycles. The Kier molecular flexibility index (Phi) is 9.16. The lowest BCUT2D eigenvalue weighted by Crippen LogP contribution is -2.52. The molecular formula is C36H43N3O6Si. The number of amides is 2. The molecule has 0 aromatic heterocycles. The number of carbonyl (C=O) groups excluding carboxylic acids is 2. The van der Waals surface area contributed by atoms with Crippen LogP contribution in [0.1, 0.15) is 54.5 Å². The Balaban J connectivity index is 1.27. The van der Waals surface area contributed by atoms with Crippen LogP contribution in [0.5, 0.6) is 5.75 Å². The highest BCUT2D eigenvalue weighted by Crippen LogP contribution is 2.48. The van der Waals surface area contributed by atoms with E-state index in [2.05, 4.69) is 0 Å². The summed E-state index contributed by atoms with van der Waals surface area (Å²) in [7, 11) is -1.31. The molecule has 0 aliphatic carbocycles. The molecule has 242 valence electrons. The van der Waals surface area contributed by atoms with Gasteiger partial charge in [-0.3, -0.25) is 9.59 Å². The quantitative estimate of drug-likeness (QED) is 0.327. The van der Waals surface area contributed by atoms with Crippen LogP contribution >= 0.6 is 0 Å². The summed E-state index contributed by atoms with van der Waals surface area (Å²) in [5, 5.41) is 16.4. The van der Waals surface area contributed by atoms with Crippen molar-refractivity contribution in [2.24, 2.45) is 11.0 Å². The predicted octanol–water partition coefficient (Wildman–Crippen LogP) is 5.21. The molecule has 6 rings (SSSR count).